The van der Waals surface area contributed by atoms with E-state index in [1.807, 2.05) is 6.92 Å². The first kappa shape index (κ1) is 22.7. The third-order valence-electron chi connectivity index (χ3n) is 4.88. The second-order valence-electron chi connectivity index (χ2n) is 6.74. The molecule has 1 aromatic heterocycles. The molecule has 0 spiro atoms. The van der Waals surface area contributed by atoms with Crippen molar-refractivity contribution in [2.24, 2.45) is 4.99 Å². The van der Waals surface area contributed by atoms with Crippen LogP contribution in [0.3, 0.4) is 0 Å². The molecule has 0 radical (unpaired) electrons. The molecule has 2 fully saturated rings. The zero-order valence-electron chi connectivity index (χ0n) is 15.5. The Hall–Kier alpha value is -0.620. The lowest BCUT2D eigenvalue weighted by molar-refractivity contribution is -0.140. The summed E-state index contributed by atoms with van der Waals surface area (Å²) in [5, 5.41) is 4.87. The van der Waals surface area contributed by atoms with Crippen molar-refractivity contribution >= 4 is 41.3 Å². The number of hydrogen-bond acceptors (Lipinski definition) is 4. The van der Waals surface area contributed by atoms with Crippen molar-refractivity contribution < 1.29 is 13.2 Å². The van der Waals surface area contributed by atoms with Crippen molar-refractivity contribution in [1.82, 2.24) is 20.1 Å². The molecule has 5 nitrogen and oxygen atoms in total. The summed E-state index contributed by atoms with van der Waals surface area (Å²) in [5.74, 6) is 0.863. The summed E-state index contributed by atoms with van der Waals surface area (Å²) in [6, 6.07) is 0.592. The molecular weight excluding hydrogens is 490 g/mol. The van der Waals surface area contributed by atoms with Crippen molar-refractivity contribution in [3.63, 3.8) is 0 Å². The number of halogens is 4. The lowest BCUT2D eigenvalue weighted by Crippen LogP contribution is -2.42. The quantitative estimate of drug-likeness (QED) is 0.369. The number of thiazole rings is 1. The molecule has 10 heteroatoms. The minimum Gasteiger partial charge on any atom is -0.357 e. The molecule has 0 aliphatic carbocycles. The number of hydrogen-bond donors (Lipinski definition) is 1. The molecular formula is C17H27F3IN5S. The van der Waals surface area contributed by atoms with Gasteiger partial charge < -0.3 is 10.2 Å². The molecule has 2 aliphatic rings. The van der Waals surface area contributed by atoms with E-state index >= 15 is 0 Å². The zero-order valence-corrected chi connectivity index (χ0v) is 18.6. The van der Waals surface area contributed by atoms with Gasteiger partial charge in [-0.05, 0) is 39.3 Å². The van der Waals surface area contributed by atoms with E-state index in [0.29, 0.717) is 24.0 Å². The Kier molecular flexibility index (Phi) is 8.60. The summed E-state index contributed by atoms with van der Waals surface area (Å²) < 4.78 is 37.9. The molecule has 0 bridgehead atoms. The molecule has 3 rings (SSSR count). The second kappa shape index (κ2) is 10.2. The van der Waals surface area contributed by atoms with Crippen molar-refractivity contribution in [2.75, 3.05) is 39.3 Å². The molecule has 0 aromatic carbocycles. The summed E-state index contributed by atoms with van der Waals surface area (Å²) >= 11 is 1.05. The van der Waals surface area contributed by atoms with Crippen LogP contribution in [0.25, 0.3) is 0 Å². The molecule has 3 heterocycles. The van der Waals surface area contributed by atoms with Gasteiger partial charge in [-0.3, -0.25) is 9.89 Å². The van der Waals surface area contributed by atoms with Crippen LogP contribution >= 0.6 is 35.3 Å². The van der Waals surface area contributed by atoms with E-state index in [-0.39, 0.29) is 24.0 Å². The third-order valence-corrected chi connectivity index (χ3v) is 5.79. The second-order valence-corrected chi connectivity index (χ2v) is 7.68. The lowest BCUT2D eigenvalue weighted by atomic mass is 10.2. The normalized spacial score (nSPS) is 21.6. The molecule has 27 heavy (non-hydrogen) atoms. The number of nitrogens with zero attached hydrogens (tertiary/aromatic N) is 4. The van der Waals surface area contributed by atoms with E-state index in [0.717, 1.165) is 48.7 Å². The van der Waals surface area contributed by atoms with Crippen molar-refractivity contribution in [3.8, 4) is 0 Å². The maximum Gasteiger partial charge on any atom is 0.434 e. The highest BCUT2D eigenvalue weighted by molar-refractivity contribution is 14.0. The summed E-state index contributed by atoms with van der Waals surface area (Å²) in [7, 11) is 0. The van der Waals surface area contributed by atoms with E-state index in [1.54, 1.807) is 0 Å². The van der Waals surface area contributed by atoms with Gasteiger partial charge in [0.15, 0.2) is 11.7 Å². The Balaban J connectivity index is 0.00000261. The average Bonchev–Trinajstić information content (AvgIpc) is 3.33. The number of aliphatic imine (C=N–C) groups is 1. The van der Waals surface area contributed by atoms with E-state index in [1.165, 1.54) is 25.9 Å². The Labute approximate surface area is 179 Å². The fourth-order valence-corrected chi connectivity index (χ4v) is 4.37. The molecule has 1 N–H and O–H groups in total. The molecule has 2 aliphatic heterocycles. The summed E-state index contributed by atoms with van der Waals surface area (Å²) in [6.07, 6.45) is -0.214. The predicted molar refractivity (Wildman–Crippen MR) is 113 cm³/mol. The fourth-order valence-electron chi connectivity index (χ4n) is 3.58. The van der Waals surface area contributed by atoms with E-state index < -0.39 is 11.9 Å². The van der Waals surface area contributed by atoms with E-state index in [2.05, 4.69) is 25.1 Å². The first-order valence-electron chi connectivity index (χ1n) is 9.26. The third kappa shape index (κ3) is 6.18. The number of likely N-dealkylation sites (tertiary alicyclic amines) is 2. The molecule has 154 valence electrons. The van der Waals surface area contributed by atoms with Crippen LogP contribution < -0.4 is 5.32 Å². The summed E-state index contributed by atoms with van der Waals surface area (Å²) in [6.45, 7) is 7.58. The Bertz CT molecular complexity index is 616. The minimum atomic E-state index is -4.37. The summed E-state index contributed by atoms with van der Waals surface area (Å²) in [5.41, 5.74) is -0.804. The molecule has 1 aromatic rings. The lowest BCUT2D eigenvalue weighted by Gasteiger charge is -2.25. The van der Waals surface area contributed by atoms with Gasteiger partial charge in [0.25, 0.3) is 0 Å². The fraction of sp³-hybridized carbons (Fsp3) is 0.765. The molecule has 1 atom stereocenters. The van der Waals surface area contributed by atoms with Gasteiger partial charge in [0.05, 0.1) is 5.01 Å². The molecule has 2 saturated heterocycles. The van der Waals surface area contributed by atoms with Crippen LogP contribution in [0.5, 0.6) is 0 Å². The van der Waals surface area contributed by atoms with Crippen LogP contribution in [0.2, 0.25) is 0 Å². The van der Waals surface area contributed by atoms with Gasteiger partial charge in [-0.25, -0.2) is 4.98 Å². The van der Waals surface area contributed by atoms with Crippen LogP contribution in [-0.4, -0.2) is 66.1 Å². The highest BCUT2D eigenvalue weighted by atomic mass is 127. The first-order valence-corrected chi connectivity index (χ1v) is 10.1. The number of nitrogens with one attached hydrogen (secondary N) is 1. The topological polar surface area (TPSA) is 43.8 Å². The van der Waals surface area contributed by atoms with Gasteiger partial charge in [-0.15, -0.1) is 35.3 Å². The van der Waals surface area contributed by atoms with Gasteiger partial charge in [0.2, 0.25) is 0 Å². The highest BCUT2D eigenvalue weighted by Gasteiger charge is 2.33. The van der Waals surface area contributed by atoms with Gasteiger partial charge in [-0.2, -0.15) is 13.2 Å². The van der Waals surface area contributed by atoms with Crippen molar-refractivity contribution in [2.45, 2.75) is 44.8 Å². The van der Waals surface area contributed by atoms with Crippen LogP contribution in [0.4, 0.5) is 13.2 Å². The average molecular weight is 517 g/mol. The number of aromatic nitrogens is 1. The van der Waals surface area contributed by atoms with Crippen molar-refractivity contribution in [3.05, 3.63) is 16.1 Å². The van der Waals surface area contributed by atoms with E-state index in [4.69, 9.17) is 0 Å². The monoisotopic (exact) mass is 517 g/mol. The number of rotatable bonds is 5. The molecule has 1 unspecified atom stereocenters. The largest absolute Gasteiger partial charge is 0.434 e. The Morgan fingerprint density at radius 3 is 2.70 bits per heavy atom. The van der Waals surface area contributed by atoms with E-state index in [9.17, 15) is 13.2 Å². The van der Waals surface area contributed by atoms with Gasteiger partial charge in [-0.1, -0.05) is 0 Å². The Morgan fingerprint density at radius 2 is 2.07 bits per heavy atom. The van der Waals surface area contributed by atoms with Crippen LogP contribution in [-0.2, 0) is 12.6 Å². The summed E-state index contributed by atoms with van der Waals surface area (Å²) in [4.78, 5) is 13.1. The maximum absolute atomic E-state index is 12.6. The number of alkyl halides is 3. The van der Waals surface area contributed by atoms with Crippen LogP contribution in [0.1, 0.15) is 36.9 Å². The standard InChI is InChI=1S/C17H26F3N5S.HI/c1-2-21-16(25-10-6-13(11-25)24-8-3-4-9-24)22-7-5-15-23-14(12-26-15)17(18,19)20;/h12-13H,2-11H2,1H3,(H,21,22);1H. The van der Waals surface area contributed by atoms with Gasteiger partial charge in [0.1, 0.15) is 0 Å². The minimum absolute atomic E-state index is 0. The van der Waals surface area contributed by atoms with Gasteiger partial charge in [0, 0.05) is 44.0 Å². The highest BCUT2D eigenvalue weighted by Crippen LogP contribution is 2.30. The zero-order chi connectivity index (χ0) is 18.6. The maximum atomic E-state index is 12.6. The van der Waals surface area contributed by atoms with Crippen LogP contribution in [0, 0.1) is 0 Å². The Morgan fingerprint density at radius 1 is 1.33 bits per heavy atom. The van der Waals surface area contributed by atoms with Crippen LogP contribution in [0.15, 0.2) is 10.4 Å². The molecule has 0 amide bonds. The predicted octanol–water partition coefficient (Wildman–Crippen LogP) is 3.46. The first-order chi connectivity index (χ1) is 12.5. The molecule has 0 saturated carbocycles. The SMILES string of the molecule is CCNC(=NCCc1nc(C(F)(F)F)cs1)N1CCC(N2CCCC2)C1.I. The van der Waals surface area contributed by atoms with Crippen molar-refractivity contribution in [1.29, 1.82) is 0 Å². The smallest absolute Gasteiger partial charge is 0.357 e. The number of guanidine groups is 1. The van der Waals surface area contributed by atoms with Gasteiger partial charge >= 0.3 is 6.18 Å².